The van der Waals surface area contributed by atoms with Gasteiger partial charge in [0.2, 0.25) is 6.79 Å². The Morgan fingerprint density at radius 1 is 1.35 bits per heavy atom. The number of rotatable bonds is 2. The van der Waals surface area contributed by atoms with E-state index < -0.39 is 6.67 Å². The summed E-state index contributed by atoms with van der Waals surface area (Å²) in [5.41, 5.74) is 1.77. The number of hydrogen-bond donors (Lipinski definition) is 1. The highest BCUT2D eigenvalue weighted by molar-refractivity contribution is 5.52. The molecule has 1 aromatic carbocycles. The lowest BCUT2D eigenvalue weighted by Gasteiger charge is -2.24. The van der Waals surface area contributed by atoms with E-state index in [4.69, 9.17) is 9.47 Å². The van der Waals surface area contributed by atoms with Crippen molar-refractivity contribution in [1.29, 1.82) is 0 Å². The van der Waals surface area contributed by atoms with Gasteiger partial charge in [-0.3, -0.25) is 0 Å². The molecule has 2 heterocycles. The molecule has 0 saturated carbocycles. The second-order valence-corrected chi connectivity index (χ2v) is 4.60. The van der Waals surface area contributed by atoms with E-state index in [9.17, 15) is 4.39 Å². The van der Waals surface area contributed by atoms with Gasteiger partial charge in [0.1, 0.15) is 6.67 Å². The topological polar surface area (TPSA) is 30.5 Å². The Labute approximate surface area is 99.9 Å². The number of fused-ring (bicyclic) bond motifs is 1. The minimum absolute atomic E-state index is 0.248. The minimum atomic E-state index is -0.455. The molecule has 0 aromatic heterocycles. The van der Waals surface area contributed by atoms with Gasteiger partial charge in [0.05, 0.1) is 0 Å². The third kappa shape index (κ3) is 1.97. The highest BCUT2D eigenvalue weighted by atomic mass is 19.1. The Bertz CT molecular complexity index is 416. The average Bonchev–Trinajstić information content (AvgIpc) is 2.86. The predicted octanol–water partition coefficient (Wildman–Crippen LogP) is 2.35. The maximum atomic E-state index is 12.8. The van der Waals surface area contributed by atoms with Crippen LogP contribution in [0.3, 0.4) is 0 Å². The lowest BCUT2D eigenvalue weighted by Crippen LogP contribution is -2.28. The molecule has 3 rings (SSSR count). The zero-order valence-electron chi connectivity index (χ0n) is 9.67. The number of nitrogens with one attached hydrogen (secondary N) is 1. The minimum Gasteiger partial charge on any atom is -0.454 e. The average molecular weight is 237 g/mol. The van der Waals surface area contributed by atoms with Gasteiger partial charge in [-0.15, -0.1) is 0 Å². The molecule has 4 heteroatoms. The zero-order chi connectivity index (χ0) is 11.7. The summed E-state index contributed by atoms with van der Waals surface area (Å²) in [6.07, 6.45) is 2.28. The molecular formula is C13H16FNO2. The SMILES string of the molecule is FCc1cc2c(c(C3CCCNC3)c1)OCO2. The van der Waals surface area contributed by atoms with Crippen LogP contribution >= 0.6 is 0 Å². The molecule has 0 aliphatic carbocycles. The molecule has 0 amide bonds. The molecule has 92 valence electrons. The molecule has 0 bridgehead atoms. The molecule has 2 aliphatic rings. The lowest BCUT2D eigenvalue weighted by molar-refractivity contribution is 0.172. The first kappa shape index (κ1) is 10.8. The fourth-order valence-corrected chi connectivity index (χ4v) is 2.59. The van der Waals surface area contributed by atoms with Crippen molar-refractivity contribution >= 4 is 0 Å². The van der Waals surface area contributed by atoms with Gasteiger partial charge in [-0.25, -0.2) is 4.39 Å². The van der Waals surface area contributed by atoms with Gasteiger partial charge in [-0.2, -0.15) is 0 Å². The fraction of sp³-hybridized carbons (Fsp3) is 0.538. The molecule has 1 saturated heterocycles. The number of piperidine rings is 1. The lowest BCUT2D eigenvalue weighted by atomic mass is 9.90. The van der Waals surface area contributed by atoms with Gasteiger partial charge in [0, 0.05) is 18.0 Å². The quantitative estimate of drug-likeness (QED) is 0.856. The van der Waals surface area contributed by atoms with E-state index in [0.717, 1.165) is 37.2 Å². The summed E-state index contributed by atoms with van der Waals surface area (Å²) < 4.78 is 23.7. The monoisotopic (exact) mass is 237 g/mol. The molecule has 1 N–H and O–H groups in total. The van der Waals surface area contributed by atoms with Crippen LogP contribution < -0.4 is 14.8 Å². The molecule has 1 fully saturated rings. The van der Waals surface area contributed by atoms with Gasteiger partial charge < -0.3 is 14.8 Å². The summed E-state index contributed by atoms with van der Waals surface area (Å²) >= 11 is 0. The van der Waals surface area contributed by atoms with Crippen LogP contribution in [-0.4, -0.2) is 19.9 Å². The van der Waals surface area contributed by atoms with Crippen molar-refractivity contribution in [1.82, 2.24) is 5.32 Å². The normalized spacial score (nSPS) is 22.8. The Kier molecular flexibility index (Phi) is 2.89. The van der Waals surface area contributed by atoms with Crippen molar-refractivity contribution < 1.29 is 13.9 Å². The molecule has 17 heavy (non-hydrogen) atoms. The summed E-state index contributed by atoms with van der Waals surface area (Å²) in [6, 6.07) is 3.66. The Morgan fingerprint density at radius 3 is 3.06 bits per heavy atom. The van der Waals surface area contributed by atoms with Crippen LogP contribution in [0.25, 0.3) is 0 Å². The second kappa shape index (κ2) is 4.53. The van der Waals surface area contributed by atoms with Gasteiger partial charge >= 0.3 is 0 Å². The molecule has 1 unspecified atom stereocenters. The predicted molar refractivity (Wildman–Crippen MR) is 62.2 cm³/mol. The zero-order valence-corrected chi connectivity index (χ0v) is 9.67. The van der Waals surface area contributed by atoms with Crippen molar-refractivity contribution in [2.75, 3.05) is 19.9 Å². The Balaban J connectivity index is 1.98. The molecule has 0 spiro atoms. The van der Waals surface area contributed by atoms with Gasteiger partial charge in [-0.1, -0.05) is 0 Å². The van der Waals surface area contributed by atoms with Gasteiger partial charge in [0.25, 0.3) is 0 Å². The van der Waals surface area contributed by atoms with Crippen LogP contribution in [0.15, 0.2) is 12.1 Å². The smallest absolute Gasteiger partial charge is 0.231 e. The van der Waals surface area contributed by atoms with Crippen LogP contribution in [0.4, 0.5) is 4.39 Å². The third-order valence-electron chi connectivity index (χ3n) is 3.45. The standard InChI is InChI=1S/C13H16FNO2/c14-6-9-4-11(10-2-1-3-15-7-10)13-12(5-9)16-8-17-13/h4-5,10,15H,1-3,6-8H2. The van der Waals surface area contributed by atoms with E-state index >= 15 is 0 Å². The Morgan fingerprint density at radius 2 is 2.29 bits per heavy atom. The van der Waals surface area contributed by atoms with Gasteiger partial charge in [0.15, 0.2) is 11.5 Å². The number of hydrogen-bond acceptors (Lipinski definition) is 3. The maximum absolute atomic E-state index is 12.8. The van der Waals surface area contributed by atoms with Gasteiger partial charge in [-0.05, 0) is 37.1 Å². The van der Waals surface area contributed by atoms with E-state index in [-0.39, 0.29) is 6.79 Å². The van der Waals surface area contributed by atoms with Crippen LogP contribution in [-0.2, 0) is 6.67 Å². The first-order chi connectivity index (χ1) is 8.38. The molecule has 1 aromatic rings. The molecule has 0 radical (unpaired) electrons. The van der Waals surface area contributed by atoms with Crippen LogP contribution in [0, 0.1) is 0 Å². The summed E-state index contributed by atoms with van der Waals surface area (Å²) in [5, 5.41) is 3.37. The van der Waals surface area contributed by atoms with E-state index in [1.54, 1.807) is 6.07 Å². The summed E-state index contributed by atoms with van der Waals surface area (Å²) in [4.78, 5) is 0. The van der Waals surface area contributed by atoms with Crippen molar-refractivity contribution in [3.63, 3.8) is 0 Å². The Hall–Kier alpha value is -1.29. The van der Waals surface area contributed by atoms with Crippen molar-refractivity contribution in [3.05, 3.63) is 23.3 Å². The third-order valence-corrected chi connectivity index (χ3v) is 3.45. The van der Waals surface area contributed by atoms with Crippen molar-refractivity contribution in [3.8, 4) is 11.5 Å². The summed E-state index contributed by atoms with van der Waals surface area (Å²) in [6.45, 7) is 1.80. The molecular weight excluding hydrogens is 221 g/mol. The highest BCUT2D eigenvalue weighted by Crippen LogP contribution is 2.42. The first-order valence-corrected chi connectivity index (χ1v) is 6.07. The number of halogens is 1. The van der Waals surface area contributed by atoms with E-state index in [1.807, 2.05) is 6.07 Å². The first-order valence-electron chi connectivity index (χ1n) is 6.07. The van der Waals surface area contributed by atoms with E-state index in [0.29, 0.717) is 17.2 Å². The largest absolute Gasteiger partial charge is 0.454 e. The second-order valence-electron chi connectivity index (χ2n) is 4.60. The van der Waals surface area contributed by atoms with Crippen molar-refractivity contribution in [2.45, 2.75) is 25.4 Å². The number of benzene rings is 1. The fourth-order valence-electron chi connectivity index (χ4n) is 2.59. The number of alkyl halides is 1. The molecule has 1 atom stereocenters. The highest BCUT2D eigenvalue weighted by Gasteiger charge is 2.25. The van der Waals surface area contributed by atoms with Crippen LogP contribution in [0.5, 0.6) is 11.5 Å². The molecule has 3 nitrogen and oxygen atoms in total. The summed E-state index contributed by atoms with van der Waals surface area (Å²) in [7, 11) is 0. The van der Waals surface area contributed by atoms with E-state index in [2.05, 4.69) is 5.32 Å². The van der Waals surface area contributed by atoms with E-state index in [1.165, 1.54) is 0 Å². The summed E-state index contributed by atoms with van der Waals surface area (Å²) in [5.74, 6) is 1.92. The van der Waals surface area contributed by atoms with Crippen LogP contribution in [0.1, 0.15) is 29.9 Å². The van der Waals surface area contributed by atoms with Crippen LogP contribution in [0.2, 0.25) is 0 Å². The molecule has 2 aliphatic heterocycles. The number of ether oxygens (including phenoxy) is 2. The maximum Gasteiger partial charge on any atom is 0.231 e. The van der Waals surface area contributed by atoms with Crippen molar-refractivity contribution in [2.24, 2.45) is 0 Å².